The summed E-state index contributed by atoms with van der Waals surface area (Å²) < 4.78 is 52.0. The average Bonchev–Trinajstić information content (AvgIpc) is 2.67. The molecule has 1 aliphatic heterocycles. The van der Waals surface area contributed by atoms with Crippen molar-refractivity contribution in [1.29, 1.82) is 0 Å². The molecule has 8 heteroatoms. The lowest BCUT2D eigenvalue weighted by Crippen LogP contribution is -2.19. The second-order valence-electron chi connectivity index (χ2n) is 6.04. The van der Waals surface area contributed by atoms with Crippen molar-refractivity contribution in [2.45, 2.75) is 43.4 Å². The SMILES string of the molecule is NS(=O)(=O)Oc1ccc2c(c1)S(=O)(=O)C(C=C1CCCCCC1)=C2. The highest BCUT2D eigenvalue weighted by molar-refractivity contribution is 7.96. The van der Waals surface area contributed by atoms with Gasteiger partial charge in [-0.2, -0.15) is 13.6 Å². The summed E-state index contributed by atoms with van der Waals surface area (Å²) in [6, 6.07) is 4.10. The second kappa shape index (κ2) is 6.34. The van der Waals surface area contributed by atoms with Crippen molar-refractivity contribution in [2.24, 2.45) is 5.14 Å². The van der Waals surface area contributed by atoms with Gasteiger partial charge in [0, 0.05) is 6.07 Å². The molecule has 3 rings (SSSR count). The summed E-state index contributed by atoms with van der Waals surface area (Å²) in [4.78, 5) is 0.297. The van der Waals surface area contributed by atoms with Crippen LogP contribution in [-0.2, 0) is 20.1 Å². The Morgan fingerprint density at radius 2 is 1.75 bits per heavy atom. The third-order valence-corrected chi connectivity index (χ3v) is 6.40. The molecule has 0 amide bonds. The summed E-state index contributed by atoms with van der Waals surface area (Å²) in [7, 11) is -7.86. The largest absolute Gasteiger partial charge is 0.380 e. The van der Waals surface area contributed by atoms with Crippen LogP contribution in [-0.4, -0.2) is 16.8 Å². The second-order valence-corrected chi connectivity index (χ2v) is 9.11. The van der Waals surface area contributed by atoms with Crippen LogP contribution in [0.3, 0.4) is 0 Å². The van der Waals surface area contributed by atoms with Crippen molar-refractivity contribution < 1.29 is 21.0 Å². The highest BCUT2D eigenvalue weighted by Gasteiger charge is 2.29. The first-order chi connectivity index (χ1) is 11.3. The molecule has 0 aromatic heterocycles. The van der Waals surface area contributed by atoms with Crippen LogP contribution in [0.15, 0.2) is 39.6 Å². The van der Waals surface area contributed by atoms with Crippen molar-refractivity contribution in [2.75, 3.05) is 0 Å². The molecule has 1 aliphatic carbocycles. The van der Waals surface area contributed by atoms with Gasteiger partial charge in [0.1, 0.15) is 5.75 Å². The predicted octanol–water partition coefficient (Wildman–Crippen LogP) is 2.68. The molecule has 0 bridgehead atoms. The third-order valence-electron chi connectivity index (χ3n) is 4.19. The van der Waals surface area contributed by atoms with E-state index in [-0.39, 0.29) is 15.6 Å². The molecule has 0 saturated heterocycles. The molecule has 1 aromatic rings. The van der Waals surface area contributed by atoms with Gasteiger partial charge in [-0.3, -0.25) is 0 Å². The van der Waals surface area contributed by atoms with Crippen LogP contribution < -0.4 is 9.32 Å². The number of sulfone groups is 1. The fourth-order valence-electron chi connectivity index (χ4n) is 3.06. The van der Waals surface area contributed by atoms with Crippen molar-refractivity contribution in [3.05, 3.63) is 40.3 Å². The highest BCUT2D eigenvalue weighted by Crippen LogP contribution is 2.37. The zero-order chi connectivity index (χ0) is 17.4. The summed E-state index contributed by atoms with van der Waals surface area (Å²) in [5.41, 5.74) is 1.67. The highest BCUT2D eigenvalue weighted by atomic mass is 32.2. The molecule has 0 unspecified atom stereocenters. The standard InChI is InChI=1S/C16H19NO5S2/c17-24(20,21)22-14-8-7-13-10-15(23(18,19)16(13)11-14)9-12-5-3-1-2-4-6-12/h7-11H,1-6H2,(H2,17,20,21). The topological polar surface area (TPSA) is 104 Å². The van der Waals surface area contributed by atoms with Gasteiger partial charge in [-0.15, -0.1) is 0 Å². The molecule has 6 nitrogen and oxygen atoms in total. The first kappa shape index (κ1) is 17.2. The molecule has 0 radical (unpaired) electrons. The lowest BCUT2D eigenvalue weighted by atomic mass is 10.1. The van der Waals surface area contributed by atoms with E-state index in [1.165, 1.54) is 31.0 Å². The Hall–Kier alpha value is -1.64. The maximum atomic E-state index is 12.7. The number of fused-ring (bicyclic) bond motifs is 1. The zero-order valence-electron chi connectivity index (χ0n) is 13.1. The molecule has 1 aromatic carbocycles. The minimum absolute atomic E-state index is 0.0455. The normalized spacial score (nSPS) is 20.0. The first-order valence-electron chi connectivity index (χ1n) is 7.78. The maximum absolute atomic E-state index is 12.7. The third kappa shape index (κ3) is 3.71. The Kier molecular flexibility index (Phi) is 4.54. The molecule has 1 fully saturated rings. The Bertz CT molecular complexity index is 917. The summed E-state index contributed by atoms with van der Waals surface area (Å²) in [6.07, 6.45) is 9.74. The van der Waals surface area contributed by atoms with Crippen molar-refractivity contribution >= 4 is 26.2 Å². The van der Waals surface area contributed by atoms with Crippen molar-refractivity contribution in [3.63, 3.8) is 0 Å². The Balaban J connectivity index is 1.94. The van der Waals surface area contributed by atoms with E-state index in [4.69, 9.17) is 5.14 Å². The van der Waals surface area contributed by atoms with Gasteiger partial charge in [-0.25, -0.2) is 8.42 Å². The van der Waals surface area contributed by atoms with Crippen LogP contribution in [0.1, 0.15) is 44.1 Å². The van der Waals surface area contributed by atoms with E-state index in [1.54, 1.807) is 12.2 Å². The number of hydrogen-bond donors (Lipinski definition) is 1. The smallest absolute Gasteiger partial charge is 0.371 e. The van der Waals surface area contributed by atoms with Gasteiger partial charge in [-0.1, -0.05) is 18.4 Å². The number of benzene rings is 1. The number of rotatable bonds is 3. The van der Waals surface area contributed by atoms with E-state index in [0.29, 0.717) is 5.56 Å². The predicted molar refractivity (Wildman–Crippen MR) is 91.1 cm³/mol. The zero-order valence-corrected chi connectivity index (χ0v) is 14.7. The van der Waals surface area contributed by atoms with E-state index in [2.05, 4.69) is 4.18 Å². The van der Waals surface area contributed by atoms with Crippen LogP contribution in [0.25, 0.3) is 6.08 Å². The summed E-state index contributed by atoms with van der Waals surface area (Å²) in [6.45, 7) is 0. The molecule has 2 aliphatic rings. The van der Waals surface area contributed by atoms with Gasteiger partial charge in [-0.05, 0) is 55.5 Å². The Labute approximate surface area is 142 Å². The van der Waals surface area contributed by atoms with Gasteiger partial charge in [0.05, 0.1) is 9.80 Å². The minimum Gasteiger partial charge on any atom is -0.371 e. The number of nitrogens with two attached hydrogens (primary N) is 1. The van der Waals surface area contributed by atoms with Gasteiger partial charge < -0.3 is 4.18 Å². The number of hydrogen-bond acceptors (Lipinski definition) is 5. The Morgan fingerprint density at radius 3 is 2.38 bits per heavy atom. The number of allylic oxidation sites excluding steroid dienone is 2. The summed E-state index contributed by atoms with van der Waals surface area (Å²) in [5.74, 6) is -0.114. The van der Waals surface area contributed by atoms with Gasteiger partial charge >= 0.3 is 10.3 Å². The average molecular weight is 369 g/mol. The molecule has 24 heavy (non-hydrogen) atoms. The van der Waals surface area contributed by atoms with Crippen LogP contribution in [0.2, 0.25) is 0 Å². The molecule has 0 spiro atoms. The monoisotopic (exact) mass is 369 g/mol. The molecule has 0 atom stereocenters. The minimum atomic E-state index is -4.20. The van der Waals surface area contributed by atoms with E-state index in [9.17, 15) is 16.8 Å². The van der Waals surface area contributed by atoms with Crippen LogP contribution in [0.5, 0.6) is 5.75 Å². The Morgan fingerprint density at radius 1 is 1.08 bits per heavy atom. The maximum Gasteiger partial charge on any atom is 0.380 e. The molecule has 1 saturated carbocycles. The van der Waals surface area contributed by atoms with E-state index in [1.807, 2.05) is 0 Å². The van der Waals surface area contributed by atoms with E-state index < -0.39 is 20.1 Å². The van der Waals surface area contributed by atoms with Gasteiger partial charge in [0.2, 0.25) is 9.84 Å². The molecule has 2 N–H and O–H groups in total. The van der Waals surface area contributed by atoms with Crippen molar-refractivity contribution in [3.8, 4) is 5.75 Å². The van der Waals surface area contributed by atoms with Crippen LogP contribution >= 0.6 is 0 Å². The quantitative estimate of drug-likeness (QED) is 0.825. The lowest BCUT2D eigenvalue weighted by Gasteiger charge is -2.06. The fourth-order valence-corrected chi connectivity index (χ4v) is 5.00. The lowest BCUT2D eigenvalue weighted by molar-refractivity contribution is 0.486. The van der Waals surface area contributed by atoms with Gasteiger partial charge in [0.15, 0.2) is 0 Å². The molecular weight excluding hydrogens is 350 g/mol. The molecular formula is C16H19NO5S2. The van der Waals surface area contributed by atoms with E-state index >= 15 is 0 Å². The van der Waals surface area contributed by atoms with Crippen molar-refractivity contribution in [1.82, 2.24) is 0 Å². The van der Waals surface area contributed by atoms with Gasteiger partial charge in [0.25, 0.3) is 0 Å². The molecule has 1 heterocycles. The summed E-state index contributed by atoms with van der Waals surface area (Å²) in [5, 5.41) is 4.82. The summed E-state index contributed by atoms with van der Waals surface area (Å²) >= 11 is 0. The van der Waals surface area contributed by atoms with E-state index in [0.717, 1.165) is 31.3 Å². The fraction of sp³-hybridized carbons (Fsp3) is 0.375. The van der Waals surface area contributed by atoms with Crippen LogP contribution in [0.4, 0.5) is 0 Å². The molecule has 130 valence electrons. The van der Waals surface area contributed by atoms with Crippen LogP contribution in [0, 0.1) is 0 Å². The first-order valence-corrected chi connectivity index (χ1v) is 10.7.